The van der Waals surface area contributed by atoms with Crippen LogP contribution in [0, 0.1) is 0 Å². The van der Waals surface area contributed by atoms with Gasteiger partial charge < -0.3 is 16.0 Å². The molecular formula is C16H21N3O2. The van der Waals surface area contributed by atoms with E-state index in [9.17, 15) is 9.59 Å². The van der Waals surface area contributed by atoms with Crippen molar-refractivity contribution in [2.24, 2.45) is 5.73 Å². The summed E-state index contributed by atoms with van der Waals surface area (Å²) in [7, 11) is 0. The molecule has 0 radical (unpaired) electrons. The van der Waals surface area contributed by atoms with E-state index >= 15 is 0 Å². The lowest BCUT2D eigenvalue weighted by Crippen LogP contribution is -2.53. The molecule has 1 aliphatic heterocycles. The van der Waals surface area contributed by atoms with Crippen molar-refractivity contribution in [1.82, 2.24) is 10.2 Å². The number of nitrogens with zero attached hydrogens (tertiary/aromatic N) is 1. The van der Waals surface area contributed by atoms with E-state index in [1.807, 2.05) is 18.2 Å². The minimum Gasteiger partial charge on any atom is -0.368 e. The van der Waals surface area contributed by atoms with Crippen LogP contribution in [0.4, 0.5) is 0 Å². The third kappa shape index (κ3) is 2.78. The van der Waals surface area contributed by atoms with Gasteiger partial charge in [0.25, 0.3) is 0 Å². The summed E-state index contributed by atoms with van der Waals surface area (Å²) in [5.41, 5.74) is 7.67. The first-order chi connectivity index (χ1) is 10.2. The fourth-order valence-electron chi connectivity index (χ4n) is 3.33. The van der Waals surface area contributed by atoms with Crippen LogP contribution >= 0.6 is 0 Å². The van der Waals surface area contributed by atoms with Crippen LogP contribution in [0.2, 0.25) is 0 Å². The molecule has 2 aliphatic rings. The van der Waals surface area contributed by atoms with E-state index < -0.39 is 5.91 Å². The zero-order valence-corrected chi connectivity index (χ0v) is 12.0. The van der Waals surface area contributed by atoms with Crippen LogP contribution in [0.25, 0.3) is 0 Å². The Bertz CT molecular complexity index is 552. The second-order valence-electron chi connectivity index (χ2n) is 5.89. The third-order valence-electron chi connectivity index (χ3n) is 4.47. The first-order valence-corrected chi connectivity index (χ1v) is 7.54. The Labute approximate surface area is 124 Å². The van der Waals surface area contributed by atoms with Gasteiger partial charge in [-0.15, -0.1) is 0 Å². The maximum absolute atomic E-state index is 12.8. The number of nitrogens with two attached hydrogens (primary N) is 1. The minimum atomic E-state index is -0.443. The largest absolute Gasteiger partial charge is 0.368 e. The lowest BCUT2D eigenvalue weighted by molar-refractivity contribution is -0.139. The average Bonchev–Trinajstić information content (AvgIpc) is 2.46. The van der Waals surface area contributed by atoms with Crippen LogP contribution in [-0.2, 0) is 16.0 Å². The van der Waals surface area contributed by atoms with Gasteiger partial charge in [0.1, 0.15) is 0 Å². The smallest absolute Gasteiger partial charge is 0.237 e. The average molecular weight is 287 g/mol. The number of fused-ring (bicyclic) bond motifs is 1. The molecule has 1 saturated heterocycles. The van der Waals surface area contributed by atoms with Gasteiger partial charge in [0, 0.05) is 12.6 Å². The second-order valence-corrected chi connectivity index (χ2v) is 5.89. The standard InChI is InChI=1S/C16H21N3O2/c17-15(20)10-19(12-5-3-7-18-9-12)16(21)14-8-11-4-1-2-6-13(11)14/h1-2,4,6,12,14,18H,3,5,7-10H2,(H2,17,20). The Morgan fingerprint density at radius 2 is 2.14 bits per heavy atom. The topological polar surface area (TPSA) is 75.4 Å². The van der Waals surface area contributed by atoms with E-state index in [0.29, 0.717) is 0 Å². The van der Waals surface area contributed by atoms with Crippen molar-refractivity contribution in [3.8, 4) is 0 Å². The molecule has 5 nitrogen and oxygen atoms in total. The quantitative estimate of drug-likeness (QED) is 0.841. The van der Waals surface area contributed by atoms with Crippen LogP contribution in [-0.4, -0.2) is 42.4 Å². The molecule has 0 spiro atoms. The van der Waals surface area contributed by atoms with Gasteiger partial charge in [-0.25, -0.2) is 0 Å². The highest BCUT2D eigenvalue weighted by atomic mass is 16.2. The molecule has 0 bridgehead atoms. The second kappa shape index (κ2) is 5.85. The summed E-state index contributed by atoms with van der Waals surface area (Å²) in [6, 6.07) is 8.08. The molecule has 1 aromatic rings. The predicted molar refractivity (Wildman–Crippen MR) is 79.7 cm³/mol. The van der Waals surface area contributed by atoms with Crippen molar-refractivity contribution in [3.63, 3.8) is 0 Å². The number of nitrogens with one attached hydrogen (secondary N) is 1. The molecule has 3 rings (SSSR count). The molecule has 2 atom stereocenters. The normalized spacial score (nSPS) is 23.8. The Morgan fingerprint density at radius 3 is 2.81 bits per heavy atom. The van der Waals surface area contributed by atoms with Crippen molar-refractivity contribution in [2.45, 2.75) is 31.2 Å². The number of amides is 2. The van der Waals surface area contributed by atoms with E-state index in [0.717, 1.165) is 37.9 Å². The Morgan fingerprint density at radius 1 is 1.33 bits per heavy atom. The maximum atomic E-state index is 12.8. The lowest BCUT2D eigenvalue weighted by Gasteiger charge is -2.39. The number of rotatable bonds is 4. The zero-order chi connectivity index (χ0) is 14.8. The van der Waals surface area contributed by atoms with Crippen molar-refractivity contribution in [1.29, 1.82) is 0 Å². The van der Waals surface area contributed by atoms with Gasteiger partial charge in [-0.2, -0.15) is 0 Å². The van der Waals surface area contributed by atoms with E-state index in [-0.39, 0.29) is 24.4 Å². The van der Waals surface area contributed by atoms with Crippen LogP contribution in [0.15, 0.2) is 24.3 Å². The van der Waals surface area contributed by atoms with Gasteiger partial charge >= 0.3 is 0 Å². The van der Waals surface area contributed by atoms with Gasteiger partial charge in [-0.1, -0.05) is 24.3 Å². The first kappa shape index (κ1) is 14.1. The van der Waals surface area contributed by atoms with Gasteiger partial charge in [0.15, 0.2) is 0 Å². The monoisotopic (exact) mass is 287 g/mol. The highest BCUT2D eigenvalue weighted by Gasteiger charge is 2.37. The molecule has 0 aromatic heterocycles. The summed E-state index contributed by atoms with van der Waals surface area (Å²) in [6.45, 7) is 1.73. The first-order valence-electron chi connectivity index (χ1n) is 7.54. The van der Waals surface area contributed by atoms with Crippen LogP contribution < -0.4 is 11.1 Å². The van der Waals surface area contributed by atoms with Crippen molar-refractivity contribution < 1.29 is 9.59 Å². The molecular weight excluding hydrogens is 266 g/mol. The van der Waals surface area contributed by atoms with Crippen LogP contribution in [0.5, 0.6) is 0 Å². The van der Waals surface area contributed by atoms with E-state index in [1.54, 1.807) is 4.90 Å². The number of hydrogen-bond acceptors (Lipinski definition) is 3. The van der Waals surface area contributed by atoms with Crippen molar-refractivity contribution in [2.75, 3.05) is 19.6 Å². The Kier molecular flexibility index (Phi) is 3.92. The number of hydrogen-bond donors (Lipinski definition) is 2. The van der Waals surface area contributed by atoms with E-state index in [4.69, 9.17) is 5.73 Å². The molecule has 21 heavy (non-hydrogen) atoms. The highest BCUT2D eigenvalue weighted by Crippen LogP contribution is 2.36. The Hall–Kier alpha value is -1.88. The molecule has 0 saturated carbocycles. The maximum Gasteiger partial charge on any atom is 0.237 e. The molecule has 1 fully saturated rings. The molecule has 2 amide bonds. The number of carbonyl (C=O) groups is 2. The molecule has 2 unspecified atom stereocenters. The van der Waals surface area contributed by atoms with Gasteiger partial charge in [0.05, 0.1) is 12.5 Å². The SMILES string of the molecule is NC(=O)CN(C(=O)C1Cc2ccccc21)C1CCCNC1. The van der Waals surface area contributed by atoms with E-state index in [2.05, 4.69) is 11.4 Å². The minimum absolute atomic E-state index is 0.0177. The van der Waals surface area contributed by atoms with Gasteiger partial charge in [-0.3, -0.25) is 9.59 Å². The fourth-order valence-corrected chi connectivity index (χ4v) is 3.33. The summed E-state index contributed by atoms with van der Waals surface area (Å²) >= 11 is 0. The number of primary amides is 1. The molecule has 1 aliphatic carbocycles. The van der Waals surface area contributed by atoms with Gasteiger partial charge in [-0.05, 0) is 36.9 Å². The molecule has 3 N–H and O–H groups in total. The number of benzene rings is 1. The molecule has 1 aromatic carbocycles. The summed E-state index contributed by atoms with van der Waals surface area (Å²) in [4.78, 5) is 25.8. The summed E-state index contributed by atoms with van der Waals surface area (Å²) in [5.74, 6) is -0.509. The lowest BCUT2D eigenvalue weighted by atomic mass is 9.76. The predicted octanol–water partition coefficient (Wildman–Crippen LogP) is 0.392. The van der Waals surface area contributed by atoms with Crippen molar-refractivity contribution in [3.05, 3.63) is 35.4 Å². The Balaban J connectivity index is 1.77. The van der Waals surface area contributed by atoms with Gasteiger partial charge in [0.2, 0.25) is 11.8 Å². The van der Waals surface area contributed by atoms with E-state index in [1.165, 1.54) is 5.56 Å². The zero-order valence-electron chi connectivity index (χ0n) is 12.0. The third-order valence-corrected chi connectivity index (χ3v) is 4.47. The molecule has 112 valence electrons. The van der Waals surface area contributed by atoms with Crippen LogP contribution in [0.3, 0.4) is 0 Å². The fraction of sp³-hybridized carbons (Fsp3) is 0.500. The summed E-state index contributed by atoms with van der Waals surface area (Å²) < 4.78 is 0. The number of piperidine rings is 1. The number of carbonyl (C=O) groups excluding carboxylic acids is 2. The summed E-state index contributed by atoms with van der Waals surface area (Å²) in [5, 5.41) is 3.29. The molecule has 1 heterocycles. The van der Waals surface area contributed by atoms with Crippen molar-refractivity contribution >= 4 is 11.8 Å². The highest BCUT2D eigenvalue weighted by molar-refractivity contribution is 5.90. The van der Waals surface area contributed by atoms with Crippen LogP contribution in [0.1, 0.15) is 29.9 Å². The molecule has 5 heteroatoms. The summed E-state index contributed by atoms with van der Waals surface area (Å²) in [6.07, 6.45) is 2.72.